The van der Waals surface area contributed by atoms with E-state index in [0.29, 0.717) is 24.2 Å². The number of aromatic nitrogens is 1. The molecule has 0 radical (unpaired) electrons. The Bertz CT molecular complexity index is 1150. The number of nitrogens with one attached hydrogen (secondary N) is 1. The van der Waals surface area contributed by atoms with E-state index < -0.39 is 4.92 Å². The fourth-order valence-electron chi connectivity index (χ4n) is 4.17. The van der Waals surface area contributed by atoms with E-state index in [-0.39, 0.29) is 11.6 Å². The molecule has 2 aromatic carbocycles. The fourth-order valence-corrected chi connectivity index (χ4v) is 4.17. The molecule has 1 heterocycles. The summed E-state index contributed by atoms with van der Waals surface area (Å²) < 4.78 is 2.28. The van der Waals surface area contributed by atoms with Gasteiger partial charge in [-0.05, 0) is 44.2 Å². The summed E-state index contributed by atoms with van der Waals surface area (Å²) >= 11 is 0. The van der Waals surface area contributed by atoms with Crippen molar-refractivity contribution in [2.45, 2.75) is 45.6 Å². The molecule has 0 bridgehead atoms. The third-order valence-electron chi connectivity index (χ3n) is 5.67. The first-order valence-electron chi connectivity index (χ1n) is 10.2. The monoisotopic (exact) mass is 404 g/mol. The second-order valence-electron chi connectivity index (χ2n) is 7.59. The molecule has 7 heteroatoms. The van der Waals surface area contributed by atoms with E-state index in [1.807, 2.05) is 6.07 Å². The molecule has 0 fully saturated rings. The van der Waals surface area contributed by atoms with Gasteiger partial charge in [0.1, 0.15) is 0 Å². The fraction of sp³-hybridized carbons (Fsp3) is 0.304. The zero-order valence-corrected chi connectivity index (χ0v) is 16.9. The van der Waals surface area contributed by atoms with Gasteiger partial charge in [-0.2, -0.15) is 5.10 Å². The van der Waals surface area contributed by atoms with Crippen molar-refractivity contribution in [3.63, 3.8) is 0 Å². The standard InChI is InChI=1S/C23H24N4O3/c1-16(17-7-6-8-18(15-17)27(29)30)24-25-23(28)13-14-26-21-11-4-2-9-19(21)20-10-3-5-12-22(20)26/h2,4,6-9,11,15H,3,5,10,12-14H2,1H3,(H,25,28)/b24-16+. The summed E-state index contributed by atoms with van der Waals surface area (Å²) in [6.07, 6.45) is 4.86. The lowest BCUT2D eigenvalue weighted by Gasteiger charge is -2.15. The summed E-state index contributed by atoms with van der Waals surface area (Å²) in [4.78, 5) is 22.9. The number of rotatable bonds is 6. The van der Waals surface area contributed by atoms with Crippen LogP contribution >= 0.6 is 0 Å². The second-order valence-corrected chi connectivity index (χ2v) is 7.59. The van der Waals surface area contributed by atoms with E-state index in [1.165, 1.54) is 47.1 Å². The van der Waals surface area contributed by atoms with Crippen LogP contribution in [0.15, 0.2) is 53.6 Å². The zero-order chi connectivity index (χ0) is 21.1. The Balaban J connectivity index is 1.45. The van der Waals surface area contributed by atoms with Gasteiger partial charge in [-0.1, -0.05) is 30.3 Å². The summed E-state index contributed by atoms with van der Waals surface area (Å²) in [5.74, 6) is -0.179. The number of amides is 1. The lowest BCUT2D eigenvalue weighted by molar-refractivity contribution is -0.384. The molecule has 0 saturated heterocycles. The van der Waals surface area contributed by atoms with Gasteiger partial charge in [-0.15, -0.1) is 0 Å². The van der Waals surface area contributed by atoms with Gasteiger partial charge in [0.15, 0.2) is 0 Å². The van der Waals surface area contributed by atoms with Gasteiger partial charge in [0.2, 0.25) is 5.91 Å². The number of hydrogen-bond donors (Lipinski definition) is 1. The van der Waals surface area contributed by atoms with E-state index in [4.69, 9.17) is 0 Å². The molecule has 1 aliphatic carbocycles. The minimum atomic E-state index is -0.447. The summed E-state index contributed by atoms with van der Waals surface area (Å²) in [7, 11) is 0. The SMILES string of the molecule is C/C(=N\NC(=O)CCn1c2c(c3ccccc31)CCCC2)c1cccc([N+](=O)[O-])c1. The molecule has 4 rings (SSSR count). The number of aryl methyl sites for hydroxylation is 2. The van der Waals surface area contributed by atoms with E-state index in [0.717, 1.165) is 12.8 Å². The maximum Gasteiger partial charge on any atom is 0.270 e. The molecular weight excluding hydrogens is 380 g/mol. The number of para-hydroxylation sites is 1. The Kier molecular flexibility index (Phi) is 5.61. The number of hydrazone groups is 1. The molecule has 0 saturated carbocycles. The molecule has 1 amide bonds. The van der Waals surface area contributed by atoms with Crippen LogP contribution in [0.2, 0.25) is 0 Å². The van der Waals surface area contributed by atoms with Crippen LogP contribution < -0.4 is 5.43 Å². The van der Waals surface area contributed by atoms with Crippen LogP contribution in [0.1, 0.15) is 43.0 Å². The van der Waals surface area contributed by atoms with Crippen LogP contribution in [0.5, 0.6) is 0 Å². The average Bonchev–Trinajstić information content (AvgIpc) is 3.10. The first-order valence-corrected chi connectivity index (χ1v) is 10.2. The van der Waals surface area contributed by atoms with Crippen LogP contribution in [0, 0.1) is 10.1 Å². The highest BCUT2D eigenvalue weighted by Gasteiger charge is 2.19. The third-order valence-corrected chi connectivity index (χ3v) is 5.67. The Morgan fingerprint density at radius 3 is 2.80 bits per heavy atom. The molecule has 7 nitrogen and oxygen atoms in total. The van der Waals surface area contributed by atoms with Crippen molar-refractivity contribution in [3.8, 4) is 0 Å². The molecule has 1 aliphatic rings. The smallest absolute Gasteiger partial charge is 0.270 e. The minimum absolute atomic E-state index is 0.00219. The molecule has 0 aliphatic heterocycles. The van der Waals surface area contributed by atoms with Crippen LogP contribution in [-0.2, 0) is 24.2 Å². The number of hydrogen-bond acceptors (Lipinski definition) is 4. The maximum atomic E-state index is 12.4. The third kappa shape index (κ3) is 3.96. The van der Waals surface area contributed by atoms with Crippen LogP contribution in [-0.4, -0.2) is 21.1 Å². The predicted molar refractivity (Wildman–Crippen MR) is 117 cm³/mol. The lowest BCUT2D eigenvalue weighted by atomic mass is 9.95. The van der Waals surface area contributed by atoms with Crippen molar-refractivity contribution in [1.82, 2.24) is 9.99 Å². The second kappa shape index (κ2) is 8.49. The maximum absolute atomic E-state index is 12.4. The van der Waals surface area contributed by atoms with Crippen molar-refractivity contribution in [1.29, 1.82) is 0 Å². The number of carbonyl (C=O) groups excluding carboxylic acids is 1. The number of nitro benzene ring substituents is 1. The van der Waals surface area contributed by atoms with E-state index >= 15 is 0 Å². The van der Waals surface area contributed by atoms with Gasteiger partial charge in [0.25, 0.3) is 5.69 Å². The highest BCUT2D eigenvalue weighted by Crippen LogP contribution is 2.32. The highest BCUT2D eigenvalue weighted by molar-refractivity contribution is 5.99. The Hall–Kier alpha value is -3.48. The van der Waals surface area contributed by atoms with Crippen molar-refractivity contribution in [3.05, 3.63) is 75.5 Å². The van der Waals surface area contributed by atoms with Crippen molar-refractivity contribution in [2.24, 2.45) is 5.10 Å². The van der Waals surface area contributed by atoms with Gasteiger partial charge in [-0.3, -0.25) is 14.9 Å². The van der Waals surface area contributed by atoms with Gasteiger partial charge in [0, 0.05) is 47.3 Å². The molecule has 0 spiro atoms. The van der Waals surface area contributed by atoms with E-state index in [2.05, 4.69) is 33.3 Å². The van der Waals surface area contributed by atoms with Gasteiger partial charge in [0.05, 0.1) is 10.6 Å². The number of nitro groups is 1. The molecular formula is C23H24N4O3. The van der Waals surface area contributed by atoms with Gasteiger partial charge in [-0.25, -0.2) is 5.43 Å². The van der Waals surface area contributed by atoms with Crippen molar-refractivity contribution < 1.29 is 9.72 Å². The molecule has 0 atom stereocenters. The number of carbonyl (C=O) groups is 1. The summed E-state index contributed by atoms with van der Waals surface area (Å²) in [5, 5.41) is 16.4. The Morgan fingerprint density at radius 1 is 1.17 bits per heavy atom. The number of benzene rings is 2. The first-order chi connectivity index (χ1) is 14.5. The summed E-state index contributed by atoms with van der Waals surface area (Å²) in [6, 6.07) is 14.6. The highest BCUT2D eigenvalue weighted by atomic mass is 16.6. The number of fused-ring (bicyclic) bond motifs is 3. The molecule has 1 aromatic heterocycles. The predicted octanol–water partition coefficient (Wildman–Crippen LogP) is 4.36. The van der Waals surface area contributed by atoms with E-state index in [1.54, 1.807) is 19.1 Å². The lowest BCUT2D eigenvalue weighted by Crippen LogP contribution is -2.21. The van der Waals surface area contributed by atoms with Gasteiger partial charge < -0.3 is 4.57 Å². The van der Waals surface area contributed by atoms with Crippen LogP contribution in [0.4, 0.5) is 5.69 Å². The van der Waals surface area contributed by atoms with E-state index in [9.17, 15) is 14.9 Å². The normalized spacial score (nSPS) is 13.8. The number of nitrogens with zero attached hydrogens (tertiary/aromatic N) is 3. The molecule has 30 heavy (non-hydrogen) atoms. The Labute approximate surface area is 174 Å². The average molecular weight is 404 g/mol. The topological polar surface area (TPSA) is 89.5 Å². The van der Waals surface area contributed by atoms with Crippen molar-refractivity contribution in [2.75, 3.05) is 0 Å². The van der Waals surface area contributed by atoms with Crippen LogP contribution in [0.25, 0.3) is 10.9 Å². The summed E-state index contributed by atoms with van der Waals surface area (Å²) in [5.41, 5.74) is 7.68. The summed E-state index contributed by atoms with van der Waals surface area (Å²) in [6.45, 7) is 2.32. The van der Waals surface area contributed by atoms with Crippen molar-refractivity contribution >= 4 is 28.2 Å². The number of non-ortho nitro benzene ring substituents is 1. The van der Waals surface area contributed by atoms with Gasteiger partial charge >= 0.3 is 0 Å². The molecule has 3 aromatic rings. The minimum Gasteiger partial charge on any atom is -0.344 e. The Morgan fingerprint density at radius 2 is 1.97 bits per heavy atom. The molecule has 154 valence electrons. The quantitative estimate of drug-likeness (QED) is 0.376. The zero-order valence-electron chi connectivity index (χ0n) is 16.9. The molecule has 1 N–H and O–H groups in total. The first kappa shape index (κ1) is 19.8. The molecule has 0 unspecified atom stereocenters. The largest absolute Gasteiger partial charge is 0.344 e. The van der Waals surface area contributed by atoms with Crippen LogP contribution in [0.3, 0.4) is 0 Å².